The van der Waals surface area contributed by atoms with Gasteiger partial charge in [0, 0.05) is 38.0 Å². The highest BCUT2D eigenvalue weighted by Gasteiger charge is 2.29. The van der Waals surface area contributed by atoms with Gasteiger partial charge in [-0.2, -0.15) is 0 Å². The van der Waals surface area contributed by atoms with Crippen LogP contribution in [0.15, 0.2) is 24.3 Å². The lowest BCUT2D eigenvalue weighted by molar-refractivity contribution is 0.263. The van der Waals surface area contributed by atoms with Crippen LogP contribution in [-0.4, -0.2) is 37.4 Å². The van der Waals surface area contributed by atoms with Crippen molar-refractivity contribution in [3.63, 3.8) is 0 Å². The van der Waals surface area contributed by atoms with Gasteiger partial charge in [-0.05, 0) is 30.4 Å². The van der Waals surface area contributed by atoms with Crippen molar-refractivity contribution in [2.75, 3.05) is 31.1 Å². The molecule has 0 bridgehead atoms. The van der Waals surface area contributed by atoms with Gasteiger partial charge in [0.1, 0.15) is 0 Å². The van der Waals surface area contributed by atoms with Crippen LogP contribution >= 0.6 is 0 Å². The summed E-state index contributed by atoms with van der Waals surface area (Å²) in [5.41, 5.74) is 2.89. The maximum absolute atomic E-state index is 9.19. The fraction of sp³-hybridized carbons (Fsp3) is 0.625. The van der Waals surface area contributed by atoms with Crippen molar-refractivity contribution >= 4 is 5.69 Å². The molecule has 0 saturated carbocycles. The Morgan fingerprint density at radius 3 is 2.79 bits per heavy atom. The molecule has 19 heavy (non-hydrogen) atoms. The van der Waals surface area contributed by atoms with E-state index in [1.807, 2.05) is 0 Å². The molecule has 3 heteroatoms. The number of anilines is 1. The SMILES string of the molecule is Cc1ccccc1N1CC(CCO)NCC(C)(C)C1. The monoisotopic (exact) mass is 262 g/mol. The number of para-hydroxylation sites is 1. The number of benzene rings is 1. The molecule has 0 aromatic heterocycles. The molecule has 2 rings (SSSR count). The molecule has 1 unspecified atom stereocenters. The Labute approximate surface area is 116 Å². The molecule has 1 fully saturated rings. The molecule has 0 spiro atoms. The summed E-state index contributed by atoms with van der Waals surface area (Å²) in [5, 5.41) is 12.8. The summed E-state index contributed by atoms with van der Waals surface area (Å²) in [6.45, 7) is 10.0. The number of aryl methyl sites for hydroxylation is 1. The van der Waals surface area contributed by atoms with E-state index in [1.54, 1.807) is 0 Å². The van der Waals surface area contributed by atoms with Gasteiger partial charge in [-0.25, -0.2) is 0 Å². The first kappa shape index (κ1) is 14.4. The highest BCUT2D eigenvalue weighted by molar-refractivity contribution is 5.53. The maximum Gasteiger partial charge on any atom is 0.0446 e. The summed E-state index contributed by atoms with van der Waals surface area (Å²) in [6.07, 6.45) is 0.818. The van der Waals surface area contributed by atoms with Crippen LogP contribution in [0, 0.1) is 12.3 Å². The Kier molecular flexibility index (Phi) is 4.48. The lowest BCUT2D eigenvalue weighted by Gasteiger charge is -2.32. The Morgan fingerprint density at radius 2 is 2.11 bits per heavy atom. The smallest absolute Gasteiger partial charge is 0.0446 e. The molecule has 1 atom stereocenters. The summed E-state index contributed by atoms with van der Waals surface area (Å²) in [5.74, 6) is 0. The van der Waals surface area contributed by atoms with Crippen LogP contribution in [0.25, 0.3) is 0 Å². The number of hydrogen-bond donors (Lipinski definition) is 2. The van der Waals surface area contributed by atoms with Gasteiger partial charge in [-0.15, -0.1) is 0 Å². The zero-order chi connectivity index (χ0) is 13.9. The van der Waals surface area contributed by atoms with E-state index >= 15 is 0 Å². The minimum atomic E-state index is 0.243. The number of aliphatic hydroxyl groups excluding tert-OH is 1. The molecule has 0 amide bonds. The lowest BCUT2D eigenvalue weighted by atomic mass is 9.93. The number of nitrogens with zero attached hydrogens (tertiary/aromatic N) is 1. The second-order valence-corrected chi connectivity index (χ2v) is 6.42. The number of nitrogens with one attached hydrogen (secondary N) is 1. The average Bonchev–Trinajstić information content (AvgIpc) is 2.50. The van der Waals surface area contributed by atoms with Crippen LogP contribution in [0.5, 0.6) is 0 Å². The number of rotatable bonds is 3. The van der Waals surface area contributed by atoms with E-state index in [4.69, 9.17) is 0 Å². The molecule has 106 valence electrons. The van der Waals surface area contributed by atoms with Crippen LogP contribution in [-0.2, 0) is 0 Å². The third kappa shape index (κ3) is 3.71. The predicted molar refractivity (Wildman–Crippen MR) is 80.7 cm³/mol. The first-order valence-corrected chi connectivity index (χ1v) is 7.17. The van der Waals surface area contributed by atoms with Crippen LogP contribution in [0.1, 0.15) is 25.8 Å². The van der Waals surface area contributed by atoms with Crippen LogP contribution in [0.3, 0.4) is 0 Å². The Bertz CT molecular complexity index is 417. The fourth-order valence-electron chi connectivity index (χ4n) is 2.84. The van der Waals surface area contributed by atoms with E-state index in [0.29, 0.717) is 6.04 Å². The molecular formula is C16H26N2O. The molecule has 1 aromatic carbocycles. The molecule has 1 aliphatic rings. The number of aliphatic hydroxyl groups is 1. The van der Waals surface area contributed by atoms with Crippen molar-refractivity contribution in [2.24, 2.45) is 5.41 Å². The van der Waals surface area contributed by atoms with E-state index in [0.717, 1.165) is 26.1 Å². The van der Waals surface area contributed by atoms with Crippen LogP contribution < -0.4 is 10.2 Å². The average molecular weight is 262 g/mol. The minimum Gasteiger partial charge on any atom is -0.396 e. The zero-order valence-corrected chi connectivity index (χ0v) is 12.3. The van der Waals surface area contributed by atoms with Crippen LogP contribution in [0.2, 0.25) is 0 Å². The van der Waals surface area contributed by atoms with Gasteiger partial charge in [0.25, 0.3) is 0 Å². The highest BCUT2D eigenvalue weighted by atomic mass is 16.3. The molecule has 0 radical (unpaired) electrons. The third-order valence-corrected chi connectivity index (χ3v) is 3.86. The Balaban J connectivity index is 2.23. The van der Waals surface area contributed by atoms with E-state index in [2.05, 4.69) is 55.3 Å². The molecule has 0 aliphatic carbocycles. The highest BCUT2D eigenvalue weighted by Crippen LogP contribution is 2.27. The topological polar surface area (TPSA) is 35.5 Å². The van der Waals surface area contributed by atoms with Gasteiger partial charge in [0.15, 0.2) is 0 Å². The van der Waals surface area contributed by atoms with Crippen molar-refractivity contribution in [2.45, 2.75) is 33.2 Å². The quantitative estimate of drug-likeness (QED) is 0.876. The van der Waals surface area contributed by atoms with E-state index in [1.165, 1.54) is 11.3 Å². The van der Waals surface area contributed by atoms with Gasteiger partial charge >= 0.3 is 0 Å². The second kappa shape index (κ2) is 5.93. The minimum absolute atomic E-state index is 0.243. The molecule has 1 aliphatic heterocycles. The van der Waals surface area contributed by atoms with E-state index < -0.39 is 0 Å². The lowest BCUT2D eigenvalue weighted by Crippen LogP contribution is -2.38. The molecule has 1 aromatic rings. The van der Waals surface area contributed by atoms with Gasteiger partial charge in [-0.1, -0.05) is 32.0 Å². The maximum atomic E-state index is 9.19. The van der Waals surface area contributed by atoms with Crippen molar-refractivity contribution in [1.29, 1.82) is 0 Å². The van der Waals surface area contributed by atoms with E-state index in [-0.39, 0.29) is 12.0 Å². The summed E-state index contributed by atoms with van der Waals surface area (Å²) < 4.78 is 0. The predicted octanol–water partition coefficient (Wildman–Crippen LogP) is 2.18. The largest absolute Gasteiger partial charge is 0.396 e. The molecular weight excluding hydrogens is 236 g/mol. The fourth-order valence-corrected chi connectivity index (χ4v) is 2.84. The van der Waals surface area contributed by atoms with Gasteiger partial charge < -0.3 is 15.3 Å². The van der Waals surface area contributed by atoms with E-state index in [9.17, 15) is 5.11 Å². The Morgan fingerprint density at radius 1 is 1.37 bits per heavy atom. The second-order valence-electron chi connectivity index (χ2n) is 6.42. The molecule has 1 saturated heterocycles. The van der Waals surface area contributed by atoms with Crippen molar-refractivity contribution in [1.82, 2.24) is 5.32 Å². The summed E-state index contributed by atoms with van der Waals surface area (Å²) in [6, 6.07) is 8.93. The van der Waals surface area contributed by atoms with Gasteiger partial charge in [0.2, 0.25) is 0 Å². The molecule has 3 nitrogen and oxygen atoms in total. The summed E-state index contributed by atoms with van der Waals surface area (Å²) in [7, 11) is 0. The summed E-state index contributed by atoms with van der Waals surface area (Å²) >= 11 is 0. The third-order valence-electron chi connectivity index (χ3n) is 3.86. The van der Waals surface area contributed by atoms with Gasteiger partial charge in [-0.3, -0.25) is 0 Å². The van der Waals surface area contributed by atoms with Gasteiger partial charge in [0.05, 0.1) is 0 Å². The van der Waals surface area contributed by atoms with Crippen molar-refractivity contribution in [3.8, 4) is 0 Å². The van der Waals surface area contributed by atoms with Crippen molar-refractivity contribution in [3.05, 3.63) is 29.8 Å². The standard InChI is InChI=1S/C16H26N2O/c1-13-6-4-5-7-15(13)18-10-14(8-9-19)17-11-16(2,3)12-18/h4-7,14,17,19H,8-12H2,1-3H3. The normalized spacial score (nSPS) is 23.2. The Hall–Kier alpha value is -1.06. The first-order chi connectivity index (χ1) is 9.02. The van der Waals surface area contributed by atoms with Crippen LogP contribution in [0.4, 0.5) is 5.69 Å². The first-order valence-electron chi connectivity index (χ1n) is 7.17. The zero-order valence-electron chi connectivity index (χ0n) is 12.3. The summed E-state index contributed by atoms with van der Waals surface area (Å²) in [4.78, 5) is 2.47. The van der Waals surface area contributed by atoms with Crippen molar-refractivity contribution < 1.29 is 5.11 Å². The molecule has 2 N–H and O–H groups in total. The molecule has 1 heterocycles. The number of hydrogen-bond acceptors (Lipinski definition) is 3.